The van der Waals surface area contributed by atoms with Crippen molar-refractivity contribution in [3.63, 3.8) is 0 Å². The van der Waals surface area contributed by atoms with E-state index in [9.17, 15) is 4.79 Å². The number of aliphatic imine (C=N–C) groups is 1. The summed E-state index contributed by atoms with van der Waals surface area (Å²) in [5.74, 6) is 0. The van der Waals surface area contributed by atoms with Gasteiger partial charge in [-0.15, -0.1) is 6.07 Å². The molecule has 0 radical (unpaired) electrons. The van der Waals surface area contributed by atoms with E-state index in [1.807, 2.05) is 0 Å². The molecule has 0 spiro atoms. The van der Waals surface area contributed by atoms with E-state index in [1.54, 1.807) is 24.3 Å². The Morgan fingerprint density at radius 1 is 1.60 bits per heavy atom. The summed E-state index contributed by atoms with van der Waals surface area (Å²) in [6.45, 7) is 0. The van der Waals surface area contributed by atoms with E-state index in [0.29, 0.717) is 5.69 Å². The summed E-state index contributed by atoms with van der Waals surface area (Å²) in [7, 11) is 0. The van der Waals surface area contributed by atoms with Gasteiger partial charge in [0.2, 0.25) is 6.08 Å². The van der Waals surface area contributed by atoms with Gasteiger partial charge in [-0.2, -0.15) is 24.3 Å². The molecule has 10 heavy (non-hydrogen) atoms. The molecule has 1 rings (SSSR count). The van der Waals surface area contributed by atoms with Crippen LogP contribution in [0.15, 0.2) is 29.3 Å². The van der Waals surface area contributed by atoms with Gasteiger partial charge in [-0.3, -0.25) is 0 Å². The molecule has 1 aromatic rings. The Balaban J connectivity index is 0.000000810. The number of rotatable bonds is 1. The molecule has 0 fully saturated rings. The molecule has 0 saturated heterocycles. The van der Waals surface area contributed by atoms with Gasteiger partial charge in [0.05, 0.1) is 0 Å². The average Bonchev–Trinajstić information content (AvgIpc) is 1.91. The molecule has 0 N–H and O–H groups in total. The van der Waals surface area contributed by atoms with Crippen LogP contribution in [-0.4, -0.2) is 6.08 Å². The number of isocyanates is 1. The molecule has 0 aliphatic rings. The van der Waals surface area contributed by atoms with Crippen molar-refractivity contribution in [1.29, 1.82) is 0 Å². The van der Waals surface area contributed by atoms with E-state index in [-0.39, 0.29) is 58.2 Å². The van der Waals surface area contributed by atoms with E-state index in [4.69, 9.17) is 0 Å². The summed E-state index contributed by atoms with van der Waals surface area (Å²) in [6.07, 6.45) is 1.44. The largest absolute Gasteiger partial charge is 1.00 e. The maximum Gasteiger partial charge on any atom is 1.00 e. The number of nitrogens with zero attached hydrogens (tertiary/aromatic N) is 1. The fourth-order valence-electron chi connectivity index (χ4n) is 0.506. The van der Waals surface area contributed by atoms with Crippen LogP contribution in [0, 0.1) is 6.07 Å². The molecule has 44 valence electrons. The Morgan fingerprint density at radius 3 is 2.90 bits per heavy atom. The summed E-state index contributed by atoms with van der Waals surface area (Å²) in [4.78, 5) is 13.0. The first-order chi connectivity index (χ1) is 4.43. The average molecular weight is 204 g/mol. The molecule has 2 nitrogen and oxygen atoms in total. The van der Waals surface area contributed by atoms with Crippen molar-refractivity contribution in [2.45, 2.75) is 0 Å². The molecule has 0 bridgehead atoms. The Hall–Kier alpha value is 0.405. The zero-order valence-electron chi connectivity index (χ0n) is 5.66. The van der Waals surface area contributed by atoms with Gasteiger partial charge >= 0.3 is 58.2 Å². The van der Waals surface area contributed by atoms with Crippen molar-refractivity contribution in [3.8, 4) is 0 Å². The van der Waals surface area contributed by atoms with Gasteiger partial charge in [-0.1, -0.05) is 0 Å². The van der Waals surface area contributed by atoms with Crippen molar-refractivity contribution >= 4 is 11.8 Å². The second-order valence-electron chi connectivity index (χ2n) is 1.46. The third kappa shape index (κ3) is 3.54. The molecule has 0 aliphatic carbocycles. The molecule has 0 saturated carbocycles. The second-order valence-corrected chi connectivity index (χ2v) is 1.46. The first-order valence-electron chi connectivity index (χ1n) is 2.47. The van der Waals surface area contributed by atoms with Crippen LogP contribution in [0.3, 0.4) is 0 Å². The van der Waals surface area contributed by atoms with Crippen molar-refractivity contribution in [2.75, 3.05) is 0 Å². The van der Waals surface area contributed by atoms with Gasteiger partial charge in [0, 0.05) is 0 Å². The molecule has 0 heterocycles. The number of hydrogen-bond acceptors (Lipinski definition) is 2. The first kappa shape index (κ1) is 10.4. The third-order valence-electron chi connectivity index (χ3n) is 0.865. The normalized spacial score (nSPS) is 7.20. The van der Waals surface area contributed by atoms with Gasteiger partial charge in [0.25, 0.3) is 0 Å². The molecule has 0 aliphatic heterocycles. The topological polar surface area (TPSA) is 29.4 Å². The van der Waals surface area contributed by atoms with Crippen molar-refractivity contribution < 1.29 is 63.0 Å². The predicted octanol–water partition coefficient (Wildman–Crippen LogP) is -1.54. The van der Waals surface area contributed by atoms with E-state index >= 15 is 0 Å². The van der Waals surface area contributed by atoms with Gasteiger partial charge in [-0.25, -0.2) is 9.79 Å². The summed E-state index contributed by atoms with van der Waals surface area (Å²) in [5, 5.41) is 0. The summed E-state index contributed by atoms with van der Waals surface area (Å²) >= 11 is 0. The zero-order valence-corrected chi connectivity index (χ0v) is 10.6. The van der Waals surface area contributed by atoms with Gasteiger partial charge in [0.1, 0.15) is 0 Å². The molecular weight excluding hydrogens is 200 g/mol. The monoisotopic (exact) mass is 203 g/mol. The summed E-state index contributed by atoms with van der Waals surface area (Å²) in [5.41, 5.74) is 0.590. The van der Waals surface area contributed by atoms with Gasteiger partial charge in [-0.05, 0) is 5.69 Å². The van der Waals surface area contributed by atoms with Gasteiger partial charge in [0.15, 0.2) is 0 Å². The molecule has 0 amide bonds. The smallest absolute Gasteiger partial charge is 0.235 e. The van der Waals surface area contributed by atoms with Crippen molar-refractivity contribution in [3.05, 3.63) is 30.3 Å². The van der Waals surface area contributed by atoms with Crippen LogP contribution in [0.5, 0.6) is 0 Å². The zero-order chi connectivity index (χ0) is 6.53. The summed E-state index contributed by atoms with van der Waals surface area (Å²) in [6, 6.07) is 9.60. The maximum absolute atomic E-state index is 9.67. The number of benzene rings is 1. The summed E-state index contributed by atoms with van der Waals surface area (Å²) < 4.78 is 0. The van der Waals surface area contributed by atoms with Crippen LogP contribution in [0.4, 0.5) is 5.69 Å². The fraction of sp³-hybridized carbons (Fsp3) is 0. The van der Waals surface area contributed by atoms with Crippen LogP contribution in [0.25, 0.3) is 0 Å². The Kier molecular flexibility index (Phi) is 6.39. The molecular formula is C7H4NORb. The van der Waals surface area contributed by atoms with Gasteiger partial charge < -0.3 is 0 Å². The fourth-order valence-corrected chi connectivity index (χ4v) is 0.506. The standard InChI is InChI=1S/C7H4NO.Rb/c9-6-8-7-4-2-1-3-5-7;/h1-2,4-5H;/q-1;+1. The van der Waals surface area contributed by atoms with Crippen LogP contribution >= 0.6 is 0 Å². The minimum Gasteiger partial charge on any atom is -0.235 e. The van der Waals surface area contributed by atoms with E-state index in [1.165, 1.54) is 6.08 Å². The van der Waals surface area contributed by atoms with E-state index in [0.717, 1.165) is 0 Å². The molecule has 0 unspecified atom stereocenters. The SMILES string of the molecule is O=C=Nc1c[c-]ccc1.[Rb+]. The van der Waals surface area contributed by atoms with Crippen LogP contribution in [0.1, 0.15) is 0 Å². The van der Waals surface area contributed by atoms with Crippen molar-refractivity contribution in [2.24, 2.45) is 4.99 Å². The van der Waals surface area contributed by atoms with Crippen molar-refractivity contribution in [1.82, 2.24) is 0 Å². The number of carbonyl (C=O) groups excluding carboxylic acids is 1. The molecule has 3 heteroatoms. The quantitative estimate of drug-likeness (QED) is 0.309. The van der Waals surface area contributed by atoms with E-state index in [2.05, 4.69) is 11.1 Å². The molecule has 1 aromatic carbocycles. The number of hydrogen-bond donors (Lipinski definition) is 0. The van der Waals surface area contributed by atoms with E-state index < -0.39 is 0 Å². The predicted molar refractivity (Wildman–Crippen MR) is 33.1 cm³/mol. The Morgan fingerprint density at radius 2 is 2.40 bits per heavy atom. The second kappa shape index (κ2) is 6.14. The molecule has 0 atom stereocenters. The van der Waals surface area contributed by atoms with Crippen LogP contribution in [-0.2, 0) is 4.79 Å². The Bertz CT molecular complexity index is 229. The Labute approximate surface area is 108 Å². The minimum atomic E-state index is 0. The van der Waals surface area contributed by atoms with Crippen LogP contribution < -0.4 is 58.2 Å². The molecule has 0 aromatic heterocycles. The van der Waals surface area contributed by atoms with Crippen LogP contribution in [0.2, 0.25) is 0 Å². The maximum atomic E-state index is 9.67. The first-order valence-corrected chi connectivity index (χ1v) is 2.47. The minimum absolute atomic E-state index is 0. The third-order valence-corrected chi connectivity index (χ3v) is 0.865.